The summed E-state index contributed by atoms with van der Waals surface area (Å²) in [4.78, 5) is 0. The molecule has 3 unspecified atom stereocenters. The van der Waals surface area contributed by atoms with E-state index < -0.39 is 17.0 Å². The lowest BCUT2D eigenvalue weighted by Crippen LogP contribution is -2.65. The summed E-state index contributed by atoms with van der Waals surface area (Å²) in [6.07, 6.45) is 5.68. The molecule has 0 saturated heterocycles. The van der Waals surface area contributed by atoms with Crippen LogP contribution in [0, 0.1) is 11.6 Å². The number of halogens is 2. The van der Waals surface area contributed by atoms with Crippen LogP contribution in [-0.2, 0) is 12.0 Å². The molecule has 0 aliphatic carbocycles. The highest BCUT2D eigenvalue weighted by molar-refractivity contribution is 5.68. The van der Waals surface area contributed by atoms with Crippen LogP contribution in [0.2, 0.25) is 0 Å². The topological polar surface area (TPSA) is 25.6 Å². The molecule has 0 spiro atoms. The third kappa shape index (κ3) is 3.37. The van der Waals surface area contributed by atoms with E-state index in [0.717, 1.165) is 46.4 Å². The maximum absolute atomic E-state index is 15.7. The molecule has 5 heterocycles. The third-order valence-electron chi connectivity index (χ3n) is 8.88. The Kier molecular flexibility index (Phi) is 5.48. The summed E-state index contributed by atoms with van der Waals surface area (Å²) >= 11 is 0. The van der Waals surface area contributed by atoms with Crippen LogP contribution in [0.4, 0.5) is 8.78 Å². The number of rotatable bonds is 4. The Morgan fingerprint density at radius 2 is 1.59 bits per heavy atom. The van der Waals surface area contributed by atoms with Crippen molar-refractivity contribution < 1.29 is 17.9 Å². The van der Waals surface area contributed by atoms with Crippen molar-refractivity contribution in [1.82, 2.24) is 9.78 Å². The van der Waals surface area contributed by atoms with Gasteiger partial charge in [0.15, 0.2) is 24.5 Å². The van der Waals surface area contributed by atoms with E-state index in [1.54, 1.807) is 6.07 Å². The molecule has 7 rings (SSSR count). The summed E-state index contributed by atoms with van der Waals surface area (Å²) in [5, 5.41) is 5.07. The first-order valence-corrected chi connectivity index (χ1v) is 13.7. The summed E-state index contributed by atoms with van der Waals surface area (Å²) < 4.78 is 37.4. The van der Waals surface area contributed by atoms with Crippen LogP contribution in [-0.4, -0.2) is 9.78 Å². The van der Waals surface area contributed by atoms with Crippen molar-refractivity contribution in [3.63, 3.8) is 0 Å². The monoisotopic (exact) mass is 520 g/mol. The van der Waals surface area contributed by atoms with Gasteiger partial charge in [-0.1, -0.05) is 44.2 Å². The minimum absolute atomic E-state index is 0.0105. The summed E-state index contributed by atoms with van der Waals surface area (Å²) in [6.45, 7) is 4.92. The molecule has 0 fully saturated rings. The van der Waals surface area contributed by atoms with Crippen molar-refractivity contribution in [3.8, 4) is 33.9 Å². The SMILES string of the molecule is CCC1[n+]2ccccc2-c2c(F)cc(F)cc2C1(CC)C1Cn2nc(-c3ccccc3)cc2-c2cccc[n+]21. The van der Waals surface area contributed by atoms with Crippen LogP contribution in [0.3, 0.4) is 0 Å². The molecule has 0 radical (unpaired) electrons. The van der Waals surface area contributed by atoms with Gasteiger partial charge in [0.25, 0.3) is 0 Å². The molecule has 6 heteroatoms. The molecule has 4 nitrogen and oxygen atoms in total. The zero-order chi connectivity index (χ0) is 26.7. The van der Waals surface area contributed by atoms with Gasteiger partial charge in [-0.25, -0.2) is 8.78 Å². The zero-order valence-electron chi connectivity index (χ0n) is 22.1. The summed E-state index contributed by atoms with van der Waals surface area (Å²) in [7, 11) is 0. The van der Waals surface area contributed by atoms with Crippen LogP contribution >= 0.6 is 0 Å². The predicted octanol–water partition coefficient (Wildman–Crippen LogP) is 6.60. The van der Waals surface area contributed by atoms with Crippen molar-refractivity contribution in [2.75, 3.05) is 0 Å². The van der Waals surface area contributed by atoms with E-state index in [9.17, 15) is 0 Å². The Hall–Kier alpha value is -4.19. The molecule has 0 amide bonds. The summed E-state index contributed by atoms with van der Waals surface area (Å²) in [5.41, 5.74) is 5.51. The maximum Gasteiger partial charge on any atom is 0.231 e. The van der Waals surface area contributed by atoms with E-state index >= 15 is 8.78 Å². The average molecular weight is 521 g/mol. The highest BCUT2D eigenvalue weighted by Crippen LogP contribution is 2.53. The number of hydrogen-bond acceptors (Lipinski definition) is 1. The van der Waals surface area contributed by atoms with E-state index in [1.165, 1.54) is 0 Å². The highest BCUT2D eigenvalue weighted by Gasteiger charge is 2.61. The first-order valence-electron chi connectivity index (χ1n) is 13.7. The Morgan fingerprint density at radius 1 is 0.872 bits per heavy atom. The number of benzene rings is 2. The van der Waals surface area contributed by atoms with Gasteiger partial charge >= 0.3 is 0 Å². The third-order valence-corrected chi connectivity index (χ3v) is 8.88. The second kappa shape index (κ2) is 8.94. The van der Waals surface area contributed by atoms with Crippen molar-refractivity contribution in [2.24, 2.45) is 0 Å². The average Bonchev–Trinajstić information content (AvgIpc) is 3.41. The minimum atomic E-state index is -0.594. The van der Waals surface area contributed by atoms with Crippen molar-refractivity contribution >= 4 is 0 Å². The first kappa shape index (κ1) is 23.9. The number of nitrogens with zero attached hydrogens (tertiary/aromatic N) is 4. The largest absolute Gasteiger partial charge is 0.251 e. The van der Waals surface area contributed by atoms with E-state index in [4.69, 9.17) is 5.10 Å². The molecule has 2 aromatic carbocycles. The summed E-state index contributed by atoms with van der Waals surface area (Å²) in [5.74, 6) is -1.05. The van der Waals surface area contributed by atoms with Gasteiger partial charge in [-0.05, 0) is 36.2 Å². The molecule has 0 bridgehead atoms. The Balaban J connectivity index is 1.50. The molecular formula is C33H30F2N4+2. The molecule has 5 aromatic rings. The Morgan fingerprint density at radius 3 is 2.33 bits per heavy atom. The van der Waals surface area contributed by atoms with Crippen molar-refractivity contribution in [2.45, 2.75) is 50.7 Å². The molecule has 194 valence electrons. The van der Waals surface area contributed by atoms with Gasteiger partial charge in [-0.2, -0.15) is 14.2 Å². The normalized spacial score (nSPS) is 21.0. The zero-order valence-corrected chi connectivity index (χ0v) is 22.1. The molecule has 3 atom stereocenters. The number of pyridine rings is 2. The second-order valence-corrected chi connectivity index (χ2v) is 10.6. The van der Waals surface area contributed by atoms with Crippen molar-refractivity contribution in [3.05, 3.63) is 115 Å². The van der Waals surface area contributed by atoms with Gasteiger partial charge in [0.1, 0.15) is 29.3 Å². The van der Waals surface area contributed by atoms with Gasteiger partial charge in [0.05, 0.1) is 11.3 Å². The lowest BCUT2D eigenvalue weighted by atomic mass is 9.62. The fourth-order valence-electron chi connectivity index (χ4n) is 7.31. The Bertz CT molecular complexity index is 1710. The number of fused-ring (bicyclic) bond motifs is 6. The van der Waals surface area contributed by atoms with Gasteiger partial charge in [0.2, 0.25) is 11.4 Å². The van der Waals surface area contributed by atoms with E-state index in [1.807, 2.05) is 54.7 Å². The number of hydrogen-bond donors (Lipinski definition) is 0. The van der Waals surface area contributed by atoms with Crippen LogP contribution in [0.25, 0.3) is 33.9 Å². The standard InChI is InChI=1S/C33H30F2N4/c1-3-30-33(4-2,24-18-23(34)19-25(35)32(24)28-15-9-11-17-38(28)30)31-21-39-29(27-14-8-10-16-37(27)31)20-26(36-39)22-12-6-5-7-13-22/h5-20,30-31H,3-4,21H2,1-2H3/q+2. The molecule has 39 heavy (non-hydrogen) atoms. The number of aromatic nitrogens is 4. The Labute approximate surface area is 226 Å². The van der Waals surface area contributed by atoms with Crippen LogP contribution in [0.15, 0.2) is 97.3 Å². The molecule has 0 N–H and O–H groups in total. The summed E-state index contributed by atoms with van der Waals surface area (Å²) in [6, 6.07) is 26.9. The van der Waals surface area contributed by atoms with Gasteiger partial charge in [-0.15, -0.1) is 0 Å². The minimum Gasteiger partial charge on any atom is -0.251 e. The lowest BCUT2D eigenvalue weighted by Gasteiger charge is -2.44. The van der Waals surface area contributed by atoms with Gasteiger partial charge in [-0.3, -0.25) is 4.68 Å². The highest BCUT2D eigenvalue weighted by atomic mass is 19.1. The fraction of sp³-hybridized carbons (Fsp3) is 0.242. The van der Waals surface area contributed by atoms with Crippen molar-refractivity contribution in [1.29, 1.82) is 0 Å². The maximum atomic E-state index is 15.7. The first-order chi connectivity index (χ1) is 19.1. The molecule has 2 aliphatic rings. The van der Waals surface area contributed by atoms with Crippen LogP contribution < -0.4 is 9.13 Å². The van der Waals surface area contributed by atoms with Crippen LogP contribution in [0.1, 0.15) is 44.3 Å². The fourth-order valence-corrected chi connectivity index (χ4v) is 7.31. The predicted molar refractivity (Wildman–Crippen MR) is 146 cm³/mol. The van der Waals surface area contributed by atoms with E-state index in [2.05, 4.69) is 58.1 Å². The van der Waals surface area contributed by atoms with Gasteiger partial charge in [0, 0.05) is 42.3 Å². The van der Waals surface area contributed by atoms with E-state index in [0.29, 0.717) is 18.5 Å². The lowest BCUT2D eigenvalue weighted by molar-refractivity contribution is -0.768. The van der Waals surface area contributed by atoms with Crippen LogP contribution in [0.5, 0.6) is 0 Å². The van der Waals surface area contributed by atoms with E-state index in [-0.39, 0.29) is 12.1 Å². The quantitative estimate of drug-likeness (QED) is 0.245. The molecular weight excluding hydrogens is 490 g/mol. The molecule has 0 saturated carbocycles. The van der Waals surface area contributed by atoms with Gasteiger partial charge < -0.3 is 0 Å². The molecule has 2 aliphatic heterocycles. The second-order valence-electron chi connectivity index (χ2n) is 10.6. The smallest absolute Gasteiger partial charge is 0.231 e. The molecule has 3 aromatic heterocycles.